The highest BCUT2D eigenvalue weighted by Crippen LogP contribution is 2.35. The summed E-state index contributed by atoms with van der Waals surface area (Å²) in [5.41, 5.74) is 6.81. The predicted molar refractivity (Wildman–Crippen MR) is 65.8 cm³/mol. The molecule has 3 heteroatoms. The lowest BCUT2D eigenvalue weighted by atomic mass is 9.89. The Kier molecular flexibility index (Phi) is 4.42. The maximum absolute atomic E-state index is 6.15. The average Bonchev–Trinajstić information content (AvgIpc) is 2.16. The highest BCUT2D eigenvalue weighted by atomic mass is 79.9. The van der Waals surface area contributed by atoms with Gasteiger partial charge in [-0.1, -0.05) is 47.4 Å². The van der Waals surface area contributed by atoms with Gasteiger partial charge in [-0.05, 0) is 36.1 Å². The molecule has 2 atom stereocenters. The van der Waals surface area contributed by atoms with Crippen LogP contribution in [0.25, 0.3) is 0 Å². The van der Waals surface area contributed by atoms with Crippen molar-refractivity contribution in [2.75, 3.05) is 6.54 Å². The second-order valence-corrected chi connectivity index (χ2v) is 4.90. The van der Waals surface area contributed by atoms with E-state index >= 15 is 0 Å². The lowest BCUT2D eigenvalue weighted by Gasteiger charge is -2.21. The summed E-state index contributed by atoms with van der Waals surface area (Å²) in [5, 5.41) is 0.812. The van der Waals surface area contributed by atoms with Gasteiger partial charge in [-0.25, -0.2) is 0 Å². The number of rotatable bonds is 3. The van der Waals surface area contributed by atoms with Crippen molar-refractivity contribution < 1.29 is 0 Å². The Hall–Kier alpha value is -0.0500. The fraction of sp³-hybridized carbons (Fsp3) is 0.455. The van der Waals surface area contributed by atoms with E-state index in [9.17, 15) is 0 Å². The van der Waals surface area contributed by atoms with Crippen molar-refractivity contribution in [3.05, 3.63) is 33.3 Å². The van der Waals surface area contributed by atoms with Crippen molar-refractivity contribution in [2.45, 2.75) is 19.8 Å². The topological polar surface area (TPSA) is 26.0 Å². The summed E-state index contributed by atoms with van der Waals surface area (Å²) in [5.74, 6) is 0.814. The van der Waals surface area contributed by atoms with E-state index in [-0.39, 0.29) is 0 Å². The van der Waals surface area contributed by atoms with Crippen LogP contribution in [0.2, 0.25) is 5.02 Å². The van der Waals surface area contributed by atoms with Crippen LogP contribution in [0.3, 0.4) is 0 Å². The third-order valence-corrected chi connectivity index (χ3v) is 3.70. The molecule has 0 radical (unpaired) electrons. The Morgan fingerprint density at radius 3 is 2.57 bits per heavy atom. The summed E-state index contributed by atoms with van der Waals surface area (Å²) >= 11 is 9.67. The quantitative estimate of drug-likeness (QED) is 0.893. The van der Waals surface area contributed by atoms with E-state index in [1.165, 1.54) is 0 Å². The number of nitrogens with two attached hydrogens (primary N) is 1. The fourth-order valence-electron chi connectivity index (χ4n) is 1.43. The van der Waals surface area contributed by atoms with Crippen LogP contribution in [-0.4, -0.2) is 6.54 Å². The monoisotopic (exact) mass is 275 g/mol. The molecule has 1 aromatic rings. The van der Waals surface area contributed by atoms with Crippen LogP contribution < -0.4 is 5.73 Å². The van der Waals surface area contributed by atoms with Crippen molar-refractivity contribution in [3.8, 4) is 0 Å². The van der Waals surface area contributed by atoms with Crippen molar-refractivity contribution in [2.24, 2.45) is 11.7 Å². The summed E-state index contributed by atoms with van der Waals surface area (Å²) in [6, 6.07) is 5.87. The minimum atomic E-state index is 0.378. The number of benzene rings is 1. The van der Waals surface area contributed by atoms with E-state index in [1.807, 2.05) is 18.2 Å². The van der Waals surface area contributed by atoms with Gasteiger partial charge < -0.3 is 5.73 Å². The van der Waals surface area contributed by atoms with E-state index in [1.54, 1.807) is 0 Å². The number of halogens is 2. The number of hydrogen-bond acceptors (Lipinski definition) is 1. The summed E-state index contributed by atoms with van der Waals surface area (Å²) in [6.07, 6.45) is 0. The molecule has 14 heavy (non-hydrogen) atoms. The Labute approximate surface area is 98.8 Å². The Balaban J connectivity index is 3.05. The highest BCUT2D eigenvalue weighted by molar-refractivity contribution is 9.10. The molecule has 1 nitrogen and oxygen atoms in total. The van der Waals surface area contributed by atoms with Gasteiger partial charge in [0, 0.05) is 9.50 Å². The third kappa shape index (κ3) is 2.50. The molecule has 2 unspecified atom stereocenters. The molecule has 2 N–H and O–H groups in total. The smallest absolute Gasteiger partial charge is 0.0452 e. The SMILES string of the molecule is CC(CN)C(C)c1c(Cl)cccc1Br. The van der Waals surface area contributed by atoms with Crippen molar-refractivity contribution >= 4 is 27.5 Å². The Morgan fingerprint density at radius 1 is 1.43 bits per heavy atom. The first-order chi connectivity index (χ1) is 6.57. The second kappa shape index (κ2) is 5.15. The van der Waals surface area contributed by atoms with E-state index < -0.39 is 0 Å². The maximum Gasteiger partial charge on any atom is 0.0452 e. The molecule has 0 saturated heterocycles. The zero-order chi connectivity index (χ0) is 10.7. The largest absolute Gasteiger partial charge is 0.330 e. The van der Waals surface area contributed by atoms with Crippen LogP contribution in [0.15, 0.2) is 22.7 Å². The molecule has 0 aliphatic carbocycles. The van der Waals surface area contributed by atoms with Crippen LogP contribution in [0, 0.1) is 5.92 Å². The summed E-state index contributed by atoms with van der Waals surface area (Å²) < 4.78 is 1.07. The zero-order valence-electron chi connectivity index (χ0n) is 8.43. The standard InChI is InChI=1S/C11H15BrClN/c1-7(6-14)8(2)11-9(12)4-3-5-10(11)13/h3-5,7-8H,6,14H2,1-2H3. The first-order valence-electron chi connectivity index (χ1n) is 4.72. The lowest BCUT2D eigenvalue weighted by Crippen LogP contribution is -2.17. The molecule has 1 rings (SSSR count). The van der Waals surface area contributed by atoms with Crippen molar-refractivity contribution in [1.82, 2.24) is 0 Å². The van der Waals surface area contributed by atoms with Crippen molar-refractivity contribution in [3.63, 3.8) is 0 Å². The van der Waals surface area contributed by atoms with Gasteiger partial charge in [0.15, 0.2) is 0 Å². The molecule has 0 heterocycles. The molecule has 0 aromatic heterocycles. The van der Waals surface area contributed by atoms with Crippen LogP contribution in [0.4, 0.5) is 0 Å². The van der Waals surface area contributed by atoms with E-state index in [0.29, 0.717) is 18.4 Å². The van der Waals surface area contributed by atoms with Crippen molar-refractivity contribution in [1.29, 1.82) is 0 Å². The average molecular weight is 277 g/mol. The molecule has 0 spiro atoms. The fourth-order valence-corrected chi connectivity index (χ4v) is 2.62. The minimum absolute atomic E-state index is 0.378. The first kappa shape index (κ1) is 12.0. The summed E-state index contributed by atoms with van der Waals surface area (Å²) in [4.78, 5) is 0. The Morgan fingerprint density at radius 2 is 2.07 bits per heavy atom. The van der Waals surface area contributed by atoms with Gasteiger partial charge in [-0.3, -0.25) is 0 Å². The molecular formula is C11H15BrClN. The third-order valence-electron chi connectivity index (χ3n) is 2.68. The molecule has 78 valence electrons. The summed E-state index contributed by atoms with van der Waals surface area (Å²) in [6.45, 7) is 4.97. The van der Waals surface area contributed by atoms with Gasteiger partial charge in [0.25, 0.3) is 0 Å². The second-order valence-electron chi connectivity index (χ2n) is 3.64. The van der Waals surface area contributed by atoms with E-state index in [2.05, 4.69) is 29.8 Å². The van der Waals surface area contributed by atoms with Gasteiger partial charge in [-0.2, -0.15) is 0 Å². The molecule has 0 amide bonds. The molecule has 0 aliphatic heterocycles. The Bertz CT molecular complexity index is 294. The van der Waals surface area contributed by atoms with Gasteiger partial charge in [-0.15, -0.1) is 0 Å². The lowest BCUT2D eigenvalue weighted by molar-refractivity contribution is 0.498. The highest BCUT2D eigenvalue weighted by Gasteiger charge is 2.18. The van der Waals surface area contributed by atoms with E-state index in [4.69, 9.17) is 17.3 Å². The van der Waals surface area contributed by atoms with Gasteiger partial charge in [0.2, 0.25) is 0 Å². The van der Waals surface area contributed by atoms with Gasteiger partial charge in [0.05, 0.1) is 0 Å². The molecule has 0 fully saturated rings. The van der Waals surface area contributed by atoms with Crippen LogP contribution in [-0.2, 0) is 0 Å². The molecule has 0 saturated carbocycles. The first-order valence-corrected chi connectivity index (χ1v) is 5.89. The molecule has 0 bridgehead atoms. The van der Waals surface area contributed by atoms with E-state index in [0.717, 1.165) is 15.1 Å². The maximum atomic E-state index is 6.15. The van der Waals surface area contributed by atoms with Crippen LogP contribution in [0.1, 0.15) is 25.3 Å². The number of hydrogen-bond donors (Lipinski definition) is 1. The molecule has 1 aromatic carbocycles. The van der Waals surface area contributed by atoms with Gasteiger partial charge >= 0.3 is 0 Å². The zero-order valence-corrected chi connectivity index (χ0v) is 10.8. The molecule has 0 aliphatic rings. The summed E-state index contributed by atoms with van der Waals surface area (Å²) in [7, 11) is 0. The predicted octanol–water partition coefficient (Wildman–Crippen LogP) is 3.80. The molecular weight excluding hydrogens is 261 g/mol. The van der Waals surface area contributed by atoms with Gasteiger partial charge in [0.1, 0.15) is 0 Å². The minimum Gasteiger partial charge on any atom is -0.330 e. The van der Waals surface area contributed by atoms with Crippen LogP contribution >= 0.6 is 27.5 Å². The normalized spacial score (nSPS) is 15.2. The van der Waals surface area contributed by atoms with Crippen LogP contribution in [0.5, 0.6) is 0 Å².